The Bertz CT molecular complexity index is 1510. The molecule has 1 N–H and O–H groups in total. The van der Waals surface area contributed by atoms with Crippen LogP contribution >= 0.6 is 23.2 Å². The van der Waals surface area contributed by atoms with E-state index in [9.17, 15) is 13.2 Å². The first kappa shape index (κ1) is 28.5. The Morgan fingerprint density at radius 3 is 2.17 bits per heavy atom. The SMILES string of the molecule is O=C1NCN(c2ccccc2)C12CCN(CCCC1(c3ccc(Cl)c(Cl)c3)CN(S(=O)(=O)c3ccccc3)C1)CC2. The number of para-hydroxylation sites is 1. The second kappa shape index (κ2) is 11.2. The van der Waals surface area contributed by atoms with E-state index in [2.05, 4.69) is 27.2 Å². The van der Waals surface area contributed by atoms with Gasteiger partial charge >= 0.3 is 0 Å². The van der Waals surface area contributed by atoms with Crippen LogP contribution in [0.3, 0.4) is 0 Å². The van der Waals surface area contributed by atoms with Crippen molar-refractivity contribution in [1.82, 2.24) is 14.5 Å². The summed E-state index contributed by atoms with van der Waals surface area (Å²) in [6.07, 6.45) is 3.27. The van der Waals surface area contributed by atoms with Gasteiger partial charge in [-0.1, -0.05) is 65.7 Å². The summed E-state index contributed by atoms with van der Waals surface area (Å²) < 4.78 is 28.1. The number of anilines is 1. The van der Waals surface area contributed by atoms with Crippen molar-refractivity contribution in [3.63, 3.8) is 0 Å². The summed E-state index contributed by atoms with van der Waals surface area (Å²) in [6, 6.07) is 24.4. The maximum atomic E-state index is 13.3. The summed E-state index contributed by atoms with van der Waals surface area (Å²) in [5.74, 6) is 0.119. The molecule has 3 aromatic carbocycles. The highest BCUT2D eigenvalue weighted by Crippen LogP contribution is 2.43. The van der Waals surface area contributed by atoms with Gasteiger partial charge < -0.3 is 15.1 Å². The van der Waals surface area contributed by atoms with Crippen LogP contribution in [0, 0.1) is 0 Å². The third-order valence-electron chi connectivity index (χ3n) is 9.09. The molecule has 3 aliphatic rings. The second-order valence-electron chi connectivity index (χ2n) is 11.4. The maximum absolute atomic E-state index is 13.3. The van der Waals surface area contributed by atoms with Gasteiger partial charge in [-0.25, -0.2) is 8.42 Å². The van der Waals surface area contributed by atoms with Crippen LogP contribution in [0.2, 0.25) is 10.0 Å². The highest BCUT2D eigenvalue weighted by molar-refractivity contribution is 7.89. The molecule has 3 saturated heterocycles. The number of piperidine rings is 1. The number of carbonyl (C=O) groups excluding carboxylic acids is 1. The zero-order chi connectivity index (χ0) is 28.7. The average Bonchev–Trinajstić information content (AvgIpc) is 3.28. The minimum atomic E-state index is -3.57. The summed E-state index contributed by atoms with van der Waals surface area (Å²) in [5, 5.41) is 4.04. The molecule has 0 unspecified atom stereocenters. The molecule has 10 heteroatoms. The summed E-state index contributed by atoms with van der Waals surface area (Å²) in [7, 11) is -3.57. The van der Waals surface area contributed by atoms with E-state index in [1.54, 1.807) is 34.6 Å². The number of carbonyl (C=O) groups is 1. The summed E-state index contributed by atoms with van der Waals surface area (Å²) in [6.45, 7) is 3.90. The van der Waals surface area contributed by atoms with E-state index in [-0.39, 0.29) is 11.3 Å². The molecule has 0 saturated carbocycles. The maximum Gasteiger partial charge on any atom is 0.247 e. The van der Waals surface area contributed by atoms with Gasteiger partial charge in [-0.05, 0) is 74.2 Å². The smallest absolute Gasteiger partial charge is 0.247 e. The molecular formula is C31H34Cl2N4O3S. The number of nitrogens with one attached hydrogen (secondary N) is 1. The molecule has 0 aromatic heterocycles. The Labute approximate surface area is 252 Å². The van der Waals surface area contributed by atoms with E-state index in [1.807, 2.05) is 36.4 Å². The van der Waals surface area contributed by atoms with E-state index in [4.69, 9.17) is 23.2 Å². The number of benzene rings is 3. The molecule has 0 aliphatic carbocycles. The number of sulfonamides is 1. The number of rotatable bonds is 8. The van der Waals surface area contributed by atoms with Crippen LogP contribution < -0.4 is 10.2 Å². The zero-order valence-electron chi connectivity index (χ0n) is 22.8. The Kier molecular flexibility index (Phi) is 7.80. The van der Waals surface area contributed by atoms with Crippen molar-refractivity contribution in [2.45, 2.75) is 41.5 Å². The predicted octanol–water partition coefficient (Wildman–Crippen LogP) is 5.14. The van der Waals surface area contributed by atoms with E-state index in [0.29, 0.717) is 34.7 Å². The lowest BCUT2D eigenvalue weighted by atomic mass is 9.72. The van der Waals surface area contributed by atoms with Gasteiger partial charge in [-0.3, -0.25) is 4.79 Å². The Morgan fingerprint density at radius 2 is 1.51 bits per heavy atom. The first-order chi connectivity index (χ1) is 19.7. The van der Waals surface area contributed by atoms with Gasteiger partial charge in [0.1, 0.15) is 5.54 Å². The van der Waals surface area contributed by atoms with E-state index >= 15 is 0 Å². The van der Waals surface area contributed by atoms with E-state index < -0.39 is 15.6 Å². The molecule has 1 spiro atoms. The van der Waals surface area contributed by atoms with Crippen LogP contribution in [-0.2, 0) is 20.2 Å². The monoisotopic (exact) mass is 612 g/mol. The summed E-state index contributed by atoms with van der Waals surface area (Å²) in [4.78, 5) is 18.0. The van der Waals surface area contributed by atoms with Crippen LogP contribution in [0.4, 0.5) is 5.69 Å². The topological polar surface area (TPSA) is 73.0 Å². The number of nitrogens with zero attached hydrogens (tertiary/aromatic N) is 3. The van der Waals surface area contributed by atoms with Crippen LogP contribution in [0.5, 0.6) is 0 Å². The van der Waals surface area contributed by atoms with Gasteiger partial charge in [0.05, 0.1) is 21.6 Å². The van der Waals surface area contributed by atoms with Crippen molar-refractivity contribution in [1.29, 1.82) is 0 Å². The third kappa shape index (κ3) is 5.25. The Hall–Kier alpha value is -2.62. The fourth-order valence-corrected chi connectivity index (χ4v) is 8.60. The van der Waals surface area contributed by atoms with Crippen LogP contribution in [0.1, 0.15) is 31.2 Å². The summed E-state index contributed by atoms with van der Waals surface area (Å²) in [5.41, 5.74) is 1.26. The number of hydrogen-bond acceptors (Lipinski definition) is 5. The van der Waals surface area contributed by atoms with Crippen molar-refractivity contribution in [3.8, 4) is 0 Å². The number of hydrogen-bond donors (Lipinski definition) is 1. The molecular weight excluding hydrogens is 579 g/mol. The van der Waals surface area contributed by atoms with E-state index in [0.717, 1.165) is 56.6 Å². The molecule has 7 nitrogen and oxygen atoms in total. The average molecular weight is 614 g/mol. The van der Waals surface area contributed by atoms with Gasteiger partial charge in [-0.2, -0.15) is 4.31 Å². The molecule has 216 valence electrons. The fourth-order valence-electron chi connectivity index (χ4n) is 6.67. The Balaban J connectivity index is 1.12. The number of halogens is 2. The molecule has 0 radical (unpaired) electrons. The van der Waals surface area contributed by atoms with Crippen LogP contribution in [-0.4, -0.2) is 68.5 Å². The molecule has 3 heterocycles. The summed E-state index contributed by atoms with van der Waals surface area (Å²) >= 11 is 12.6. The molecule has 6 rings (SSSR count). The lowest BCUT2D eigenvalue weighted by Gasteiger charge is -2.50. The van der Waals surface area contributed by atoms with Crippen molar-refractivity contribution >= 4 is 44.8 Å². The Morgan fingerprint density at radius 1 is 0.854 bits per heavy atom. The molecule has 3 aromatic rings. The zero-order valence-corrected chi connectivity index (χ0v) is 25.1. The lowest BCUT2D eigenvalue weighted by Crippen LogP contribution is -2.61. The predicted molar refractivity (Wildman–Crippen MR) is 163 cm³/mol. The minimum Gasteiger partial charge on any atom is -0.339 e. The minimum absolute atomic E-state index is 0.119. The second-order valence-corrected chi connectivity index (χ2v) is 14.2. The quantitative estimate of drug-likeness (QED) is 0.381. The first-order valence-corrected chi connectivity index (χ1v) is 16.3. The van der Waals surface area contributed by atoms with Gasteiger partial charge in [0.25, 0.3) is 0 Å². The largest absolute Gasteiger partial charge is 0.339 e. The van der Waals surface area contributed by atoms with Gasteiger partial charge in [0.2, 0.25) is 15.9 Å². The van der Waals surface area contributed by atoms with Crippen molar-refractivity contribution in [3.05, 3.63) is 94.5 Å². The van der Waals surface area contributed by atoms with Crippen molar-refractivity contribution in [2.24, 2.45) is 0 Å². The first-order valence-electron chi connectivity index (χ1n) is 14.1. The van der Waals surface area contributed by atoms with Crippen LogP contribution in [0.25, 0.3) is 0 Å². The highest BCUT2D eigenvalue weighted by atomic mass is 35.5. The molecule has 41 heavy (non-hydrogen) atoms. The molecule has 0 bridgehead atoms. The standard InChI is InChI=1S/C31H34Cl2N4O3S/c32-27-13-12-24(20-28(27)33)30(21-36(22-30)41(39,40)26-10-5-2-6-11-26)14-7-17-35-18-15-31(16-19-35)29(38)34-23-37(31)25-8-3-1-4-9-25/h1-6,8-13,20H,7,14-19,21-23H2,(H,34,38). The van der Waals surface area contributed by atoms with Gasteiger partial charge in [-0.15, -0.1) is 0 Å². The third-order valence-corrected chi connectivity index (χ3v) is 11.6. The molecule has 1 amide bonds. The van der Waals surface area contributed by atoms with Gasteiger partial charge in [0, 0.05) is 37.3 Å². The highest BCUT2D eigenvalue weighted by Gasteiger charge is 2.51. The fraction of sp³-hybridized carbons (Fsp3) is 0.387. The lowest BCUT2D eigenvalue weighted by molar-refractivity contribution is -0.125. The molecule has 3 fully saturated rings. The van der Waals surface area contributed by atoms with E-state index in [1.165, 1.54) is 0 Å². The van der Waals surface area contributed by atoms with Gasteiger partial charge in [0.15, 0.2) is 0 Å². The number of likely N-dealkylation sites (tertiary alicyclic amines) is 1. The normalized spacial score (nSPS) is 20.6. The molecule has 3 aliphatic heterocycles. The van der Waals surface area contributed by atoms with Crippen LogP contribution in [0.15, 0.2) is 83.8 Å². The number of amides is 1. The molecule has 0 atom stereocenters. The van der Waals surface area contributed by atoms with Crippen molar-refractivity contribution < 1.29 is 13.2 Å². The van der Waals surface area contributed by atoms with Crippen molar-refractivity contribution in [2.75, 3.05) is 44.3 Å².